The van der Waals surface area contributed by atoms with Crippen LogP contribution in [0.25, 0.3) is 0 Å². The Labute approximate surface area is 75.8 Å². The van der Waals surface area contributed by atoms with Crippen LogP contribution in [0.2, 0.25) is 0 Å². The predicted molar refractivity (Wildman–Crippen MR) is 47.0 cm³/mol. The van der Waals surface area contributed by atoms with Crippen LogP contribution in [0.4, 0.5) is 0 Å². The summed E-state index contributed by atoms with van der Waals surface area (Å²) in [5.74, 6) is 0. The lowest BCUT2D eigenvalue weighted by Gasteiger charge is -2.05. The fourth-order valence-electron chi connectivity index (χ4n) is 0.971. The summed E-state index contributed by atoms with van der Waals surface area (Å²) in [6.07, 6.45) is -1.20. The van der Waals surface area contributed by atoms with Gasteiger partial charge in [0.1, 0.15) is 0 Å². The zero-order chi connectivity index (χ0) is 9.14. The van der Waals surface area contributed by atoms with Crippen LogP contribution in [0.15, 0.2) is 24.3 Å². The molecule has 1 aromatic rings. The molecule has 0 spiro atoms. The molecule has 0 saturated carbocycles. The summed E-state index contributed by atoms with van der Waals surface area (Å²) < 4.78 is 0. The molecule has 0 bridgehead atoms. The molecule has 1 N–H and O–H groups in total. The Hall–Kier alpha value is -0.860. The average Bonchev–Trinajstić information content (AvgIpc) is 2.03. The SMILES string of the molecule is Cc1cccc(C(O)C(=O)Cl)c1. The van der Waals surface area contributed by atoms with Crippen molar-refractivity contribution in [1.29, 1.82) is 0 Å². The van der Waals surface area contributed by atoms with Gasteiger partial charge in [0.25, 0.3) is 5.24 Å². The highest BCUT2D eigenvalue weighted by atomic mass is 35.5. The Morgan fingerprint density at radius 2 is 2.25 bits per heavy atom. The molecule has 1 aromatic carbocycles. The van der Waals surface area contributed by atoms with E-state index in [1.807, 2.05) is 13.0 Å². The van der Waals surface area contributed by atoms with E-state index in [2.05, 4.69) is 0 Å². The summed E-state index contributed by atoms with van der Waals surface area (Å²) in [7, 11) is 0. The maximum Gasteiger partial charge on any atom is 0.254 e. The van der Waals surface area contributed by atoms with E-state index in [-0.39, 0.29) is 0 Å². The van der Waals surface area contributed by atoms with Crippen molar-refractivity contribution in [2.45, 2.75) is 13.0 Å². The van der Waals surface area contributed by atoms with E-state index >= 15 is 0 Å². The largest absolute Gasteiger partial charge is 0.379 e. The van der Waals surface area contributed by atoms with Crippen LogP contribution < -0.4 is 0 Å². The van der Waals surface area contributed by atoms with Crippen LogP contribution in [0.1, 0.15) is 17.2 Å². The molecule has 2 nitrogen and oxygen atoms in total. The van der Waals surface area contributed by atoms with Crippen molar-refractivity contribution in [1.82, 2.24) is 0 Å². The molecule has 64 valence electrons. The Balaban J connectivity index is 2.95. The fraction of sp³-hybridized carbons (Fsp3) is 0.222. The van der Waals surface area contributed by atoms with Crippen molar-refractivity contribution >= 4 is 16.8 Å². The van der Waals surface area contributed by atoms with Gasteiger partial charge in [0, 0.05) is 0 Å². The quantitative estimate of drug-likeness (QED) is 0.712. The number of benzene rings is 1. The average molecular weight is 185 g/mol. The number of rotatable bonds is 2. The van der Waals surface area contributed by atoms with Crippen LogP contribution in [0, 0.1) is 6.92 Å². The molecule has 0 radical (unpaired) electrons. The second kappa shape index (κ2) is 3.70. The molecule has 0 aliphatic carbocycles. The summed E-state index contributed by atoms with van der Waals surface area (Å²) in [6.45, 7) is 1.88. The van der Waals surface area contributed by atoms with Gasteiger partial charge in [-0.3, -0.25) is 4.79 Å². The van der Waals surface area contributed by atoms with Gasteiger partial charge in [0.2, 0.25) is 0 Å². The highest BCUT2D eigenvalue weighted by Crippen LogP contribution is 2.16. The minimum absolute atomic E-state index is 0.537. The van der Waals surface area contributed by atoms with Gasteiger partial charge in [-0.25, -0.2) is 0 Å². The summed E-state index contributed by atoms with van der Waals surface area (Å²) in [6, 6.07) is 7.05. The van der Waals surface area contributed by atoms with Crippen molar-refractivity contribution in [3.8, 4) is 0 Å². The van der Waals surface area contributed by atoms with E-state index in [4.69, 9.17) is 11.6 Å². The second-order valence-electron chi connectivity index (χ2n) is 2.62. The fourth-order valence-corrected chi connectivity index (χ4v) is 1.10. The molecule has 12 heavy (non-hydrogen) atoms. The molecule has 0 aromatic heterocycles. The van der Waals surface area contributed by atoms with Crippen LogP contribution in [0.5, 0.6) is 0 Å². The minimum atomic E-state index is -1.20. The van der Waals surface area contributed by atoms with Crippen LogP contribution in [0.3, 0.4) is 0 Å². The van der Waals surface area contributed by atoms with Crippen molar-refractivity contribution in [3.05, 3.63) is 35.4 Å². The number of halogens is 1. The first kappa shape index (κ1) is 9.23. The van der Waals surface area contributed by atoms with Gasteiger partial charge < -0.3 is 5.11 Å². The van der Waals surface area contributed by atoms with Gasteiger partial charge in [-0.05, 0) is 24.1 Å². The molecule has 1 unspecified atom stereocenters. The Kier molecular flexibility index (Phi) is 2.84. The zero-order valence-electron chi connectivity index (χ0n) is 6.62. The van der Waals surface area contributed by atoms with Gasteiger partial charge in [0.15, 0.2) is 6.10 Å². The molecule has 0 amide bonds. The standard InChI is InChI=1S/C9H9ClO2/c1-6-3-2-4-7(5-6)8(11)9(10)12/h2-5,8,11H,1H3. The van der Waals surface area contributed by atoms with Crippen molar-refractivity contribution in [3.63, 3.8) is 0 Å². The number of carbonyl (C=O) groups excluding carboxylic acids is 1. The summed E-state index contributed by atoms with van der Waals surface area (Å²) >= 11 is 5.13. The molecule has 0 aliphatic rings. The number of aliphatic hydroxyl groups excluding tert-OH is 1. The number of hydrogen-bond acceptors (Lipinski definition) is 2. The molecule has 3 heteroatoms. The lowest BCUT2D eigenvalue weighted by molar-refractivity contribution is -0.119. The first-order valence-corrected chi connectivity index (χ1v) is 3.93. The number of aryl methyl sites for hydroxylation is 1. The van der Waals surface area contributed by atoms with Gasteiger partial charge >= 0.3 is 0 Å². The summed E-state index contributed by atoms with van der Waals surface area (Å²) in [4.78, 5) is 10.6. The van der Waals surface area contributed by atoms with E-state index in [9.17, 15) is 9.90 Å². The third kappa shape index (κ3) is 2.06. The first-order chi connectivity index (χ1) is 5.61. The van der Waals surface area contributed by atoms with E-state index in [0.29, 0.717) is 5.56 Å². The monoisotopic (exact) mass is 184 g/mol. The van der Waals surface area contributed by atoms with Gasteiger partial charge in [-0.1, -0.05) is 29.8 Å². The molecular formula is C9H9ClO2. The third-order valence-electron chi connectivity index (χ3n) is 1.57. The molecule has 1 atom stereocenters. The first-order valence-electron chi connectivity index (χ1n) is 3.55. The maximum absolute atomic E-state index is 10.6. The van der Waals surface area contributed by atoms with Crippen LogP contribution in [-0.2, 0) is 4.79 Å². The molecule has 0 heterocycles. The minimum Gasteiger partial charge on any atom is -0.379 e. The number of carbonyl (C=O) groups is 1. The maximum atomic E-state index is 10.6. The van der Waals surface area contributed by atoms with Gasteiger partial charge in [-0.2, -0.15) is 0 Å². The number of aliphatic hydroxyl groups is 1. The van der Waals surface area contributed by atoms with Crippen molar-refractivity contribution < 1.29 is 9.90 Å². The van der Waals surface area contributed by atoms with E-state index in [1.165, 1.54) is 0 Å². The highest BCUT2D eigenvalue weighted by molar-refractivity contribution is 6.64. The molecule has 0 fully saturated rings. The number of hydrogen-bond donors (Lipinski definition) is 1. The molecule has 0 aliphatic heterocycles. The topological polar surface area (TPSA) is 37.3 Å². The molecule has 1 rings (SSSR count). The second-order valence-corrected chi connectivity index (χ2v) is 2.99. The Bertz CT molecular complexity index is 296. The van der Waals surface area contributed by atoms with Crippen molar-refractivity contribution in [2.75, 3.05) is 0 Å². The Morgan fingerprint density at radius 3 is 2.75 bits per heavy atom. The van der Waals surface area contributed by atoms with Crippen LogP contribution in [-0.4, -0.2) is 10.3 Å². The predicted octanol–water partition coefficient (Wildman–Crippen LogP) is 1.79. The van der Waals surface area contributed by atoms with E-state index in [1.54, 1.807) is 18.2 Å². The van der Waals surface area contributed by atoms with E-state index in [0.717, 1.165) is 5.56 Å². The lowest BCUT2D eigenvalue weighted by atomic mass is 10.1. The van der Waals surface area contributed by atoms with Gasteiger partial charge in [-0.15, -0.1) is 0 Å². The molecular weight excluding hydrogens is 176 g/mol. The third-order valence-corrected chi connectivity index (χ3v) is 1.78. The summed E-state index contributed by atoms with van der Waals surface area (Å²) in [5, 5.41) is 8.49. The molecule has 0 saturated heterocycles. The Morgan fingerprint density at radius 1 is 1.58 bits per heavy atom. The summed E-state index contributed by atoms with van der Waals surface area (Å²) in [5.41, 5.74) is 1.53. The zero-order valence-corrected chi connectivity index (χ0v) is 7.38. The van der Waals surface area contributed by atoms with Crippen molar-refractivity contribution in [2.24, 2.45) is 0 Å². The lowest BCUT2D eigenvalue weighted by Crippen LogP contribution is -2.04. The normalized spacial score (nSPS) is 12.6. The van der Waals surface area contributed by atoms with Gasteiger partial charge in [0.05, 0.1) is 0 Å². The highest BCUT2D eigenvalue weighted by Gasteiger charge is 2.13. The smallest absolute Gasteiger partial charge is 0.254 e. The van der Waals surface area contributed by atoms with Crippen LogP contribution >= 0.6 is 11.6 Å². The van der Waals surface area contributed by atoms with E-state index < -0.39 is 11.3 Å².